The standard InChI is InChI=1S/C6H14O4.C4H10Cl2O7P2/c7-3-1-6(10,5-9)2-4-8;5-1-3-11-15(10,12-4-2-6)13-14(7,8)9/h7-10H,1-5H2;1-4H2,(H2,7,8,9). The lowest BCUT2D eigenvalue weighted by Gasteiger charge is -2.23. The molecular weight excluding hydrogens is 429 g/mol. The molecule has 0 aromatic heterocycles. The van der Waals surface area contributed by atoms with Gasteiger partial charge in [0.1, 0.15) is 0 Å². The average molecular weight is 453 g/mol. The molecule has 11 nitrogen and oxygen atoms in total. The number of hydrogen-bond donors (Lipinski definition) is 6. The van der Waals surface area contributed by atoms with Crippen molar-refractivity contribution < 1.29 is 52.7 Å². The van der Waals surface area contributed by atoms with Gasteiger partial charge in [-0.2, -0.15) is 4.31 Å². The summed E-state index contributed by atoms with van der Waals surface area (Å²) in [6.07, 6.45) is 0.203. The highest BCUT2D eigenvalue weighted by molar-refractivity contribution is 7.61. The predicted molar refractivity (Wildman–Crippen MR) is 89.5 cm³/mol. The van der Waals surface area contributed by atoms with Crippen molar-refractivity contribution in [3.63, 3.8) is 0 Å². The van der Waals surface area contributed by atoms with Crippen molar-refractivity contribution in [1.82, 2.24) is 0 Å². The third-order valence-electron chi connectivity index (χ3n) is 2.31. The smallest absolute Gasteiger partial charge is 0.396 e. The van der Waals surface area contributed by atoms with E-state index in [1.54, 1.807) is 0 Å². The summed E-state index contributed by atoms with van der Waals surface area (Å²) in [4.78, 5) is 16.9. The number of aliphatic hydroxyl groups excluding tert-OH is 3. The van der Waals surface area contributed by atoms with E-state index in [-0.39, 0.29) is 51.0 Å². The first-order valence-electron chi connectivity index (χ1n) is 6.84. The van der Waals surface area contributed by atoms with Crippen LogP contribution in [0.3, 0.4) is 0 Å². The molecule has 0 unspecified atom stereocenters. The highest BCUT2D eigenvalue weighted by Crippen LogP contribution is 2.61. The second-order valence-electron chi connectivity index (χ2n) is 4.39. The van der Waals surface area contributed by atoms with Crippen molar-refractivity contribution in [2.45, 2.75) is 18.4 Å². The lowest BCUT2D eigenvalue weighted by Crippen LogP contribution is -2.35. The fourth-order valence-electron chi connectivity index (χ4n) is 1.21. The topological polar surface area (TPSA) is 183 Å². The van der Waals surface area contributed by atoms with Gasteiger partial charge in [0.25, 0.3) is 0 Å². The van der Waals surface area contributed by atoms with Crippen LogP contribution in [0.15, 0.2) is 0 Å². The number of phosphoric acid groups is 2. The summed E-state index contributed by atoms with van der Waals surface area (Å²) >= 11 is 10.5. The average Bonchev–Trinajstić information content (AvgIpc) is 2.51. The van der Waals surface area contributed by atoms with Gasteiger partial charge in [0, 0.05) is 37.8 Å². The Kier molecular flexibility index (Phi) is 16.4. The van der Waals surface area contributed by atoms with E-state index >= 15 is 0 Å². The van der Waals surface area contributed by atoms with Crippen LogP contribution in [0, 0.1) is 0 Å². The summed E-state index contributed by atoms with van der Waals surface area (Å²) in [5.41, 5.74) is -1.30. The number of aliphatic hydroxyl groups is 4. The Morgan fingerprint density at radius 1 is 0.880 bits per heavy atom. The highest BCUT2D eigenvalue weighted by Gasteiger charge is 2.35. The zero-order chi connectivity index (χ0) is 20.0. The fraction of sp³-hybridized carbons (Fsp3) is 1.00. The van der Waals surface area contributed by atoms with E-state index in [1.807, 2.05) is 0 Å². The minimum absolute atomic E-state index is 0.0290. The summed E-state index contributed by atoms with van der Waals surface area (Å²) in [5.74, 6) is -0.0580. The number of phosphoric ester groups is 1. The Balaban J connectivity index is 0. The maximum atomic E-state index is 11.5. The quantitative estimate of drug-likeness (QED) is 0.165. The monoisotopic (exact) mass is 452 g/mol. The van der Waals surface area contributed by atoms with E-state index < -0.39 is 27.9 Å². The van der Waals surface area contributed by atoms with Gasteiger partial charge >= 0.3 is 15.6 Å². The molecule has 0 bridgehead atoms. The van der Waals surface area contributed by atoms with Crippen LogP contribution in [0.2, 0.25) is 0 Å². The molecule has 0 aromatic rings. The molecule has 6 N–H and O–H groups in total. The fourth-order valence-corrected chi connectivity index (χ4v) is 3.70. The predicted octanol–water partition coefficient (Wildman–Crippen LogP) is 0.189. The molecule has 0 aromatic carbocycles. The van der Waals surface area contributed by atoms with Crippen molar-refractivity contribution in [3.05, 3.63) is 0 Å². The minimum atomic E-state index is -4.97. The van der Waals surface area contributed by atoms with E-state index in [1.165, 1.54) is 0 Å². The number of rotatable bonds is 13. The second kappa shape index (κ2) is 14.7. The van der Waals surface area contributed by atoms with E-state index in [2.05, 4.69) is 13.4 Å². The Labute approximate surface area is 155 Å². The van der Waals surface area contributed by atoms with Gasteiger partial charge in [-0.15, -0.1) is 23.2 Å². The van der Waals surface area contributed by atoms with Crippen LogP contribution in [0.1, 0.15) is 12.8 Å². The molecule has 0 aliphatic carbocycles. The number of hydrogen-bond acceptors (Lipinski definition) is 9. The molecule has 0 heterocycles. The molecule has 0 aliphatic heterocycles. The van der Waals surface area contributed by atoms with Crippen molar-refractivity contribution in [2.75, 3.05) is 44.8 Å². The van der Waals surface area contributed by atoms with Gasteiger partial charge < -0.3 is 30.2 Å². The second-order valence-corrected chi connectivity index (χ2v) is 8.19. The Morgan fingerprint density at radius 2 is 1.28 bits per heavy atom. The zero-order valence-electron chi connectivity index (χ0n) is 13.2. The molecule has 0 amide bonds. The van der Waals surface area contributed by atoms with Crippen LogP contribution >= 0.6 is 38.8 Å². The van der Waals surface area contributed by atoms with Crippen molar-refractivity contribution in [1.29, 1.82) is 0 Å². The molecule has 0 atom stereocenters. The first-order chi connectivity index (χ1) is 11.5. The summed E-state index contributed by atoms with van der Waals surface area (Å²) in [5, 5.41) is 34.6. The van der Waals surface area contributed by atoms with Crippen LogP contribution in [0.25, 0.3) is 0 Å². The minimum Gasteiger partial charge on any atom is -0.396 e. The number of alkyl halides is 2. The van der Waals surface area contributed by atoms with Gasteiger partial charge in [-0.3, -0.25) is 9.05 Å². The van der Waals surface area contributed by atoms with Crippen LogP contribution in [-0.2, 0) is 22.5 Å². The van der Waals surface area contributed by atoms with Crippen LogP contribution in [0.4, 0.5) is 0 Å². The SMILES string of the molecule is O=P(O)(O)OP(=O)(OCCCl)OCCCl.OCCC(O)(CO)CCO. The molecular formula is C10H24Cl2O11P2. The maximum absolute atomic E-state index is 11.5. The molecule has 154 valence electrons. The molecule has 25 heavy (non-hydrogen) atoms. The normalized spacial score (nSPS) is 12.6. The molecule has 0 saturated carbocycles. The Hall–Kier alpha value is 0.680. The maximum Gasteiger partial charge on any atom is 0.483 e. The van der Waals surface area contributed by atoms with Crippen molar-refractivity contribution in [3.8, 4) is 0 Å². The summed E-state index contributed by atoms with van der Waals surface area (Å²) in [6, 6.07) is 0. The molecule has 0 aliphatic rings. The van der Waals surface area contributed by atoms with Crippen LogP contribution in [0.5, 0.6) is 0 Å². The summed E-state index contributed by atoms with van der Waals surface area (Å²) < 4.78 is 34.8. The molecule has 0 saturated heterocycles. The first-order valence-corrected chi connectivity index (χ1v) is 10.9. The van der Waals surface area contributed by atoms with Gasteiger partial charge in [0.15, 0.2) is 0 Å². The lowest BCUT2D eigenvalue weighted by atomic mass is 9.98. The van der Waals surface area contributed by atoms with E-state index in [0.29, 0.717) is 0 Å². The molecule has 0 spiro atoms. The Bertz CT molecular complexity index is 402. The van der Waals surface area contributed by atoms with Crippen LogP contribution < -0.4 is 0 Å². The third-order valence-corrected chi connectivity index (χ3v) is 5.27. The highest BCUT2D eigenvalue weighted by atomic mass is 35.5. The summed E-state index contributed by atoms with van der Waals surface area (Å²) in [6.45, 7) is -1.26. The van der Waals surface area contributed by atoms with Crippen LogP contribution in [-0.4, -0.2) is 80.6 Å². The third kappa shape index (κ3) is 16.6. The Morgan fingerprint density at radius 3 is 1.52 bits per heavy atom. The van der Waals surface area contributed by atoms with E-state index in [9.17, 15) is 14.2 Å². The van der Waals surface area contributed by atoms with E-state index in [0.717, 1.165) is 0 Å². The zero-order valence-corrected chi connectivity index (χ0v) is 16.5. The summed E-state index contributed by atoms with van der Waals surface area (Å²) in [7, 11) is -9.27. The largest absolute Gasteiger partial charge is 0.483 e. The van der Waals surface area contributed by atoms with Gasteiger partial charge in [-0.05, 0) is 0 Å². The first kappa shape index (κ1) is 27.9. The molecule has 0 fully saturated rings. The molecule has 0 rings (SSSR count). The van der Waals surface area contributed by atoms with Crippen molar-refractivity contribution >= 4 is 38.8 Å². The van der Waals surface area contributed by atoms with Crippen molar-refractivity contribution in [2.24, 2.45) is 0 Å². The van der Waals surface area contributed by atoms with E-state index in [4.69, 9.17) is 48.3 Å². The van der Waals surface area contributed by atoms with Gasteiger partial charge in [-0.1, -0.05) is 0 Å². The number of halogens is 2. The molecule has 15 heteroatoms. The lowest BCUT2D eigenvalue weighted by molar-refractivity contribution is -0.0469. The van der Waals surface area contributed by atoms with Gasteiger partial charge in [0.05, 0.1) is 25.4 Å². The van der Waals surface area contributed by atoms with Gasteiger partial charge in [-0.25, -0.2) is 9.13 Å². The molecule has 0 radical (unpaired) electrons. The van der Waals surface area contributed by atoms with Gasteiger partial charge in [0.2, 0.25) is 0 Å².